The summed E-state index contributed by atoms with van der Waals surface area (Å²) in [5.74, 6) is 0. The fourth-order valence-corrected chi connectivity index (χ4v) is 2.45. The lowest BCUT2D eigenvalue weighted by Gasteiger charge is -2.36. The molecule has 0 bridgehead atoms. The van der Waals surface area contributed by atoms with Crippen molar-refractivity contribution < 1.29 is 28.5 Å². The molecule has 1 aliphatic heterocycles. The number of rotatable bonds is 3. The van der Waals surface area contributed by atoms with Crippen LogP contribution in [-0.4, -0.2) is 58.2 Å². The fourth-order valence-electron chi connectivity index (χ4n) is 2.45. The van der Waals surface area contributed by atoms with Crippen LogP contribution in [0.2, 0.25) is 0 Å². The molecule has 3 atom stereocenters. The van der Waals surface area contributed by atoms with E-state index in [2.05, 4.69) is 0 Å². The summed E-state index contributed by atoms with van der Waals surface area (Å²) < 4.78 is 37.8. The molecular formula is C14H18F3NO3. The average molecular weight is 305 g/mol. The summed E-state index contributed by atoms with van der Waals surface area (Å²) in [4.78, 5) is 1.72. The quantitative estimate of drug-likeness (QED) is 0.767. The van der Waals surface area contributed by atoms with Crippen LogP contribution in [0, 0.1) is 0 Å². The van der Waals surface area contributed by atoms with Gasteiger partial charge in [0.15, 0.2) is 0 Å². The summed E-state index contributed by atoms with van der Waals surface area (Å²) in [6, 6.07) is 5.10. The van der Waals surface area contributed by atoms with Crippen molar-refractivity contribution in [1.82, 2.24) is 4.90 Å². The molecule has 3 N–H and O–H groups in total. The van der Waals surface area contributed by atoms with E-state index in [1.807, 2.05) is 0 Å². The van der Waals surface area contributed by atoms with Gasteiger partial charge in [-0.1, -0.05) is 18.2 Å². The van der Waals surface area contributed by atoms with Crippen molar-refractivity contribution in [1.29, 1.82) is 0 Å². The van der Waals surface area contributed by atoms with Crippen LogP contribution in [0.15, 0.2) is 24.3 Å². The molecule has 0 aliphatic carbocycles. The number of benzene rings is 1. The van der Waals surface area contributed by atoms with Gasteiger partial charge in [-0.3, -0.25) is 4.90 Å². The average Bonchev–Trinajstić information content (AvgIpc) is 2.42. The molecule has 1 heterocycles. The monoisotopic (exact) mass is 305 g/mol. The van der Waals surface area contributed by atoms with E-state index in [4.69, 9.17) is 0 Å². The van der Waals surface area contributed by atoms with E-state index in [0.717, 1.165) is 12.1 Å². The molecule has 1 aromatic carbocycles. The molecule has 0 saturated carbocycles. The lowest BCUT2D eigenvalue weighted by molar-refractivity contribution is -0.137. The Morgan fingerprint density at radius 2 is 1.71 bits per heavy atom. The smallest absolute Gasteiger partial charge is 0.389 e. The third kappa shape index (κ3) is 4.16. The fraction of sp³-hybridized carbons (Fsp3) is 0.571. The Morgan fingerprint density at radius 3 is 2.29 bits per heavy atom. The molecular weight excluding hydrogens is 287 g/mol. The zero-order chi connectivity index (χ0) is 15.6. The lowest BCUT2D eigenvalue weighted by atomic mass is 10.0. The molecule has 1 aliphatic rings. The van der Waals surface area contributed by atoms with Crippen molar-refractivity contribution >= 4 is 0 Å². The first-order chi connectivity index (χ1) is 9.77. The highest BCUT2D eigenvalue weighted by Gasteiger charge is 2.33. The molecule has 0 aromatic heterocycles. The number of nitrogens with zero attached hydrogens (tertiary/aromatic N) is 1. The molecule has 0 amide bonds. The molecule has 7 heteroatoms. The zero-order valence-electron chi connectivity index (χ0n) is 11.3. The van der Waals surface area contributed by atoms with E-state index in [-0.39, 0.29) is 13.1 Å². The van der Waals surface area contributed by atoms with Gasteiger partial charge >= 0.3 is 6.18 Å². The first-order valence-corrected chi connectivity index (χ1v) is 6.70. The standard InChI is InChI=1S/C14H18F3NO3/c15-14(16,17)10-3-1-2-9(6-10)4-5-18-7-11(19)13(21)12(20)8-18/h1-3,6,11-13,19-21H,4-5,7-8H2/t11-,12+,13?. The predicted molar refractivity (Wildman–Crippen MR) is 69.6 cm³/mol. The third-order valence-corrected chi connectivity index (χ3v) is 3.65. The van der Waals surface area contributed by atoms with E-state index in [9.17, 15) is 28.5 Å². The van der Waals surface area contributed by atoms with Gasteiger partial charge < -0.3 is 15.3 Å². The lowest BCUT2D eigenvalue weighted by Crippen LogP contribution is -2.55. The van der Waals surface area contributed by atoms with Gasteiger partial charge in [-0.15, -0.1) is 0 Å². The van der Waals surface area contributed by atoms with Crippen LogP contribution in [0.1, 0.15) is 11.1 Å². The first kappa shape index (κ1) is 16.2. The predicted octanol–water partition coefficient (Wildman–Crippen LogP) is 0.646. The minimum absolute atomic E-state index is 0.192. The van der Waals surface area contributed by atoms with Crippen molar-refractivity contribution in [3.8, 4) is 0 Å². The van der Waals surface area contributed by atoms with Gasteiger partial charge in [-0.25, -0.2) is 0 Å². The summed E-state index contributed by atoms with van der Waals surface area (Å²) in [6.07, 6.45) is -7.25. The minimum atomic E-state index is -4.36. The normalized spacial score (nSPS) is 27.8. The van der Waals surface area contributed by atoms with E-state index in [0.29, 0.717) is 18.5 Å². The summed E-state index contributed by atoms with van der Waals surface area (Å²) in [5.41, 5.74) is -0.144. The van der Waals surface area contributed by atoms with Crippen LogP contribution in [0.5, 0.6) is 0 Å². The second-order valence-corrected chi connectivity index (χ2v) is 5.33. The number of hydrogen-bond donors (Lipinski definition) is 3. The molecule has 1 fully saturated rings. The summed E-state index contributed by atoms with van der Waals surface area (Å²) >= 11 is 0. The molecule has 1 aromatic rings. The Kier molecular flexibility index (Phi) is 4.88. The number of β-amino-alcohol motifs (C(OH)–C–C–N with tert-alkyl or cyclic N) is 2. The Balaban J connectivity index is 1.94. The highest BCUT2D eigenvalue weighted by Crippen LogP contribution is 2.29. The maximum absolute atomic E-state index is 12.6. The van der Waals surface area contributed by atoms with E-state index >= 15 is 0 Å². The largest absolute Gasteiger partial charge is 0.416 e. The molecule has 4 nitrogen and oxygen atoms in total. The van der Waals surface area contributed by atoms with Gasteiger partial charge in [0.2, 0.25) is 0 Å². The van der Waals surface area contributed by atoms with Gasteiger partial charge in [-0.05, 0) is 18.1 Å². The van der Waals surface area contributed by atoms with Crippen LogP contribution in [0.25, 0.3) is 0 Å². The number of aliphatic hydroxyl groups is 3. The highest BCUT2D eigenvalue weighted by molar-refractivity contribution is 5.25. The van der Waals surface area contributed by atoms with Crippen LogP contribution < -0.4 is 0 Å². The second-order valence-electron chi connectivity index (χ2n) is 5.33. The maximum Gasteiger partial charge on any atom is 0.416 e. The molecule has 118 valence electrons. The van der Waals surface area contributed by atoms with Gasteiger partial charge in [0.25, 0.3) is 0 Å². The SMILES string of the molecule is OC1[C@H](O)CN(CCc2cccc(C(F)(F)F)c2)C[C@@H]1O. The highest BCUT2D eigenvalue weighted by atomic mass is 19.4. The van der Waals surface area contributed by atoms with Crippen molar-refractivity contribution in [2.75, 3.05) is 19.6 Å². The van der Waals surface area contributed by atoms with Crippen molar-refractivity contribution in [2.24, 2.45) is 0 Å². The van der Waals surface area contributed by atoms with Gasteiger partial charge in [0.05, 0.1) is 17.8 Å². The molecule has 0 spiro atoms. The molecule has 21 heavy (non-hydrogen) atoms. The molecule has 2 rings (SSSR count). The van der Waals surface area contributed by atoms with Crippen LogP contribution in [0.4, 0.5) is 13.2 Å². The minimum Gasteiger partial charge on any atom is -0.389 e. The van der Waals surface area contributed by atoms with Crippen molar-refractivity contribution in [3.05, 3.63) is 35.4 Å². The number of halogens is 3. The second kappa shape index (κ2) is 6.31. The van der Waals surface area contributed by atoms with E-state index < -0.39 is 30.1 Å². The Labute approximate surface area is 120 Å². The van der Waals surface area contributed by atoms with Crippen LogP contribution in [-0.2, 0) is 12.6 Å². The van der Waals surface area contributed by atoms with Gasteiger partial charge in [0.1, 0.15) is 6.10 Å². The van der Waals surface area contributed by atoms with E-state index in [1.165, 1.54) is 6.07 Å². The third-order valence-electron chi connectivity index (χ3n) is 3.65. The first-order valence-electron chi connectivity index (χ1n) is 6.70. The number of likely N-dealkylation sites (tertiary alicyclic amines) is 1. The summed E-state index contributed by atoms with van der Waals surface area (Å²) in [7, 11) is 0. The number of aliphatic hydroxyl groups excluding tert-OH is 3. The molecule has 0 radical (unpaired) electrons. The van der Waals surface area contributed by atoms with Crippen molar-refractivity contribution in [2.45, 2.75) is 30.9 Å². The van der Waals surface area contributed by atoms with Crippen LogP contribution in [0.3, 0.4) is 0 Å². The van der Waals surface area contributed by atoms with Gasteiger partial charge in [0, 0.05) is 19.6 Å². The van der Waals surface area contributed by atoms with Crippen molar-refractivity contribution in [3.63, 3.8) is 0 Å². The number of hydrogen-bond acceptors (Lipinski definition) is 4. The van der Waals surface area contributed by atoms with E-state index in [1.54, 1.807) is 11.0 Å². The number of alkyl halides is 3. The topological polar surface area (TPSA) is 63.9 Å². The number of piperidine rings is 1. The molecule has 1 saturated heterocycles. The summed E-state index contributed by atoms with van der Waals surface area (Å²) in [5, 5.41) is 28.6. The Hall–Kier alpha value is -1.15. The van der Waals surface area contributed by atoms with Gasteiger partial charge in [-0.2, -0.15) is 13.2 Å². The molecule has 1 unspecified atom stereocenters. The zero-order valence-corrected chi connectivity index (χ0v) is 11.3. The Bertz CT molecular complexity index is 469. The summed E-state index contributed by atoms with van der Waals surface area (Å²) in [6.45, 7) is 0.788. The maximum atomic E-state index is 12.6. The van der Waals surface area contributed by atoms with Crippen LogP contribution >= 0.6 is 0 Å². The Morgan fingerprint density at radius 1 is 1.10 bits per heavy atom.